The van der Waals surface area contributed by atoms with Gasteiger partial charge in [0.1, 0.15) is 5.75 Å². The van der Waals surface area contributed by atoms with Crippen LogP contribution in [0, 0.1) is 0 Å². The summed E-state index contributed by atoms with van der Waals surface area (Å²) in [5, 5.41) is 0. The molecule has 1 amide bonds. The van der Waals surface area contributed by atoms with Gasteiger partial charge in [-0.25, -0.2) is 0 Å². The Hall–Kier alpha value is -2.40. The van der Waals surface area contributed by atoms with Gasteiger partial charge in [-0.1, -0.05) is 24.3 Å². The second kappa shape index (κ2) is 10.1. The van der Waals surface area contributed by atoms with E-state index < -0.39 is 0 Å². The molecule has 2 heterocycles. The number of aromatic nitrogens is 1. The Morgan fingerprint density at radius 3 is 2.63 bits per heavy atom. The van der Waals surface area contributed by atoms with E-state index in [0.717, 1.165) is 57.7 Å². The molecule has 0 radical (unpaired) electrons. The van der Waals surface area contributed by atoms with Crippen molar-refractivity contribution in [2.24, 2.45) is 0 Å². The number of amides is 1. The molecule has 1 aromatic heterocycles. The van der Waals surface area contributed by atoms with Gasteiger partial charge in [0.2, 0.25) is 5.91 Å². The van der Waals surface area contributed by atoms with Gasteiger partial charge in [0.25, 0.3) is 0 Å². The van der Waals surface area contributed by atoms with Gasteiger partial charge in [0.15, 0.2) is 0 Å². The molecule has 0 spiro atoms. The number of rotatable bonds is 8. The summed E-state index contributed by atoms with van der Waals surface area (Å²) in [6, 6.07) is 12.2. The second-order valence-electron chi connectivity index (χ2n) is 7.00. The number of methoxy groups -OCH3 is 1. The van der Waals surface area contributed by atoms with Crippen LogP contribution in [0.5, 0.6) is 5.75 Å². The van der Waals surface area contributed by atoms with Gasteiger partial charge in [-0.05, 0) is 42.5 Å². The summed E-state index contributed by atoms with van der Waals surface area (Å²) in [6.07, 6.45) is 7.06. The van der Waals surface area contributed by atoms with E-state index in [1.54, 1.807) is 13.3 Å². The summed E-state index contributed by atoms with van der Waals surface area (Å²) in [5.74, 6) is 1.24. The lowest BCUT2D eigenvalue weighted by molar-refractivity contribution is -0.133. The van der Waals surface area contributed by atoms with E-state index in [-0.39, 0.29) is 5.91 Å². The van der Waals surface area contributed by atoms with Crippen LogP contribution < -0.4 is 4.74 Å². The highest BCUT2D eigenvalue weighted by atomic mass is 16.5. The summed E-state index contributed by atoms with van der Waals surface area (Å²) in [6.45, 7) is 4.56. The SMILES string of the molecule is COc1ccccc1CCN1CCN(C(=O)CCCc2cccnc2)CC1. The number of hydrogen-bond donors (Lipinski definition) is 0. The van der Waals surface area contributed by atoms with Gasteiger partial charge < -0.3 is 9.64 Å². The molecule has 1 aromatic carbocycles. The minimum atomic E-state index is 0.281. The topological polar surface area (TPSA) is 45.7 Å². The third-order valence-electron chi connectivity index (χ3n) is 5.19. The first-order valence-corrected chi connectivity index (χ1v) is 9.77. The van der Waals surface area contributed by atoms with Crippen LogP contribution in [0.3, 0.4) is 0 Å². The predicted octanol–water partition coefficient (Wildman–Crippen LogP) is 2.80. The van der Waals surface area contributed by atoms with E-state index in [4.69, 9.17) is 4.74 Å². The van der Waals surface area contributed by atoms with Crippen molar-refractivity contribution in [3.8, 4) is 5.75 Å². The van der Waals surface area contributed by atoms with Gasteiger partial charge in [0, 0.05) is 51.5 Å². The van der Waals surface area contributed by atoms with Crippen molar-refractivity contribution in [1.82, 2.24) is 14.8 Å². The minimum Gasteiger partial charge on any atom is -0.496 e. The average Bonchev–Trinajstić information content (AvgIpc) is 2.73. The molecule has 2 aromatic rings. The molecule has 5 heteroatoms. The third-order valence-corrected chi connectivity index (χ3v) is 5.19. The van der Waals surface area contributed by atoms with Crippen LogP contribution in [0.4, 0.5) is 0 Å². The molecule has 144 valence electrons. The molecule has 1 saturated heterocycles. The summed E-state index contributed by atoms with van der Waals surface area (Å²) < 4.78 is 5.43. The van der Waals surface area contributed by atoms with Crippen LogP contribution in [-0.2, 0) is 17.6 Å². The number of pyridine rings is 1. The monoisotopic (exact) mass is 367 g/mol. The first-order chi connectivity index (χ1) is 13.3. The first kappa shape index (κ1) is 19.4. The zero-order chi connectivity index (χ0) is 18.9. The molecule has 1 aliphatic rings. The van der Waals surface area contributed by atoms with Crippen LogP contribution in [0.15, 0.2) is 48.8 Å². The van der Waals surface area contributed by atoms with Gasteiger partial charge in [0.05, 0.1) is 7.11 Å². The molecular weight excluding hydrogens is 338 g/mol. The van der Waals surface area contributed by atoms with Crippen molar-refractivity contribution in [2.45, 2.75) is 25.7 Å². The quantitative estimate of drug-likeness (QED) is 0.720. The van der Waals surface area contributed by atoms with E-state index in [1.165, 1.54) is 11.1 Å². The number of carbonyl (C=O) groups is 1. The Kier molecular flexibility index (Phi) is 7.22. The highest BCUT2D eigenvalue weighted by molar-refractivity contribution is 5.76. The number of carbonyl (C=O) groups excluding carboxylic acids is 1. The van der Waals surface area contributed by atoms with Crippen molar-refractivity contribution in [1.29, 1.82) is 0 Å². The molecule has 1 fully saturated rings. The maximum atomic E-state index is 12.4. The Morgan fingerprint density at radius 2 is 1.89 bits per heavy atom. The van der Waals surface area contributed by atoms with E-state index in [2.05, 4.69) is 28.1 Å². The van der Waals surface area contributed by atoms with Crippen molar-refractivity contribution in [3.63, 3.8) is 0 Å². The Bertz CT molecular complexity index is 713. The second-order valence-corrected chi connectivity index (χ2v) is 7.00. The molecule has 0 bridgehead atoms. The molecule has 0 saturated carbocycles. The molecule has 1 aliphatic heterocycles. The number of benzene rings is 1. The summed E-state index contributed by atoms with van der Waals surface area (Å²) in [4.78, 5) is 21.0. The van der Waals surface area contributed by atoms with Crippen LogP contribution in [0.25, 0.3) is 0 Å². The molecule has 5 nitrogen and oxygen atoms in total. The normalized spacial score (nSPS) is 14.9. The van der Waals surface area contributed by atoms with E-state index in [0.29, 0.717) is 6.42 Å². The standard InChI is InChI=1S/C22H29N3O2/c1-27-21-9-3-2-8-20(21)11-13-24-14-16-25(17-15-24)22(26)10-4-6-19-7-5-12-23-18-19/h2-3,5,7-9,12,18H,4,6,10-11,13-17H2,1H3. The summed E-state index contributed by atoms with van der Waals surface area (Å²) >= 11 is 0. The van der Waals surface area contributed by atoms with Crippen LogP contribution in [-0.4, -0.2) is 60.5 Å². The third kappa shape index (κ3) is 5.79. The molecule has 0 aliphatic carbocycles. The number of hydrogen-bond acceptors (Lipinski definition) is 4. The van der Waals surface area contributed by atoms with Crippen molar-refractivity contribution in [3.05, 3.63) is 59.9 Å². The van der Waals surface area contributed by atoms with Gasteiger partial charge in [-0.2, -0.15) is 0 Å². The fraction of sp³-hybridized carbons (Fsp3) is 0.455. The number of ether oxygens (including phenoxy) is 1. The van der Waals surface area contributed by atoms with Crippen molar-refractivity contribution < 1.29 is 9.53 Å². The Morgan fingerprint density at radius 1 is 1.07 bits per heavy atom. The highest BCUT2D eigenvalue weighted by Crippen LogP contribution is 2.18. The van der Waals surface area contributed by atoms with E-state index >= 15 is 0 Å². The van der Waals surface area contributed by atoms with Gasteiger partial charge >= 0.3 is 0 Å². The smallest absolute Gasteiger partial charge is 0.222 e. The Labute approximate surface area is 162 Å². The average molecular weight is 367 g/mol. The largest absolute Gasteiger partial charge is 0.496 e. The van der Waals surface area contributed by atoms with E-state index in [1.807, 2.05) is 29.3 Å². The fourth-order valence-corrected chi connectivity index (χ4v) is 3.56. The summed E-state index contributed by atoms with van der Waals surface area (Å²) in [5.41, 5.74) is 2.44. The Balaban J connectivity index is 1.36. The highest BCUT2D eigenvalue weighted by Gasteiger charge is 2.20. The molecular formula is C22H29N3O2. The number of piperazine rings is 1. The van der Waals surface area contributed by atoms with Crippen molar-refractivity contribution in [2.75, 3.05) is 39.8 Å². The maximum absolute atomic E-state index is 12.4. The zero-order valence-electron chi connectivity index (χ0n) is 16.1. The molecule has 0 N–H and O–H groups in total. The lowest BCUT2D eigenvalue weighted by Gasteiger charge is -2.35. The van der Waals surface area contributed by atoms with Crippen LogP contribution in [0.2, 0.25) is 0 Å². The summed E-state index contributed by atoms with van der Waals surface area (Å²) in [7, 11) is 1.72. The van der Waals surface area contributed by atoms with Crippen molar-refractivity contribution >= 4 is 5.91 Å². The fourth-order valence-electron chi connectivity index (χ4n) is 3.56. The molecule has 0 atom stereocenters. The number of nitrogens with zero attached hydrogens (tertiary/aromatic N) is 3. The van der Waals surface area contributed by atoms with Gasteiger partial charge in [-0.15, -0.1) is 0 Å². The van der Waals surface area contributed by atoms with Crippen LogP contribution in [0.1, 0.15) is 24.0 Å². The zero-order valence-corrected chi connectivity index (χ0v) is 16.1. The van der Waals surface area contributed by atoms with Crippen LogP contribution >= 0.6 is 0 Å². The lowest BCUT2D eigenvalue weighted by Crippen LogP contribution is -2.49. The minimum absolute atomic E-state index is 0.281. The first-order valence-electron chi connectivity index (χ1n) is 9.77. The number of para-hydroxylation sites is 1. The molecule has 27 heavy (non-hydrogen) atoms. The maximum Gasteiger partial charge on any atom is 0.222 e. The molecule has 3 rings (SSSR count). The number of aryl methyl sites for hydroxylation is 1. The van der Waals surface area contributed by atoms with Gasteiger partial charge in [-0.3, -0.25) is 14.7 Å². The lowest BCUT2D eigenvalue weighted by atomic mass is 10.1. The molecule has 0 unspecified atom stereocenters. The predicted molar refractivity (Wildman–Crippen MR) is 107 cm³/mol. The van der Waals surface area contributed by atoms with E-state index in [9.17, 15) is 4.79 Å².